The molecule has 0 aliphatic carbocycles. The number of ether oxygens (including phenoxy) is 4. The highest BCUT2D eigenvalue weighted by molar-refractivity contribution is 5.73. The third kappa shape index (κ3) is 10.4. The summed E-state index contributed by atoms with van der Waals surface area (Å²) in [6.45, 7) is 7.02. The minimum Gasteiger partial charge on any atom is -0.468 e. The molecule has 1 N–H and O–H groups in total. The lowest BCUT2D eigenvalue weighted by Gasteiger charge is -2.38. The molecule has 0 saturated carbocycles. The van der Waals surface area contributed by atoms with Crippen LogP contribution in [0.25, 0.3) is 0 Å². The minimum absolute atomic E-state index is 0.0383. The predicted molar refractivity (Wildman–Crippen MR) is 115 cm³/mol. The topological polar surface area (TPSA) is 124 Å². The van der Waals surface area contributed by atoms with E-state index >= 15 is 0 Å². The highest BCUT2D eigenvalue weighted by atomic mass is 16.6. The Hall–Kier alpha value is -2.24. The third-order valence-corrected chi connectivity index (χ3v) is 5.01. The molecule has 11 nitrogen and oxygen atoms in total. The van der Waals surface area contributed by atoms with Crippen LogP contribution in [0.3, 0.4) is 0 Å². The number of methoxy groups -OCH3 is 3. The quantitative estimate of drug-likeness (QED) is 0.338. The average Bonchev–Trinajstić information content (AvgIpc) is 2.88. The third-order valence-electron chi connectivity index (χ3n) is 5.01. The van der Waals surface area contributed by atoms with E-state index in [0.717, 1.165) is 0 Å². The SMILES string of the molecule is COC(=O)CNC1(CCC(=O)OC(C)(C)C)CN(CC(=O)OC)CCN(CC(=O)OC)C1. The highest BCUT2D eigenvalue weighted by Crippen LogP contribution is 2.22. The molecular weight excluding hydrogens is 422 g/mol. The maximum Gasteiger partial charge on any atom is 0.319 e. The van der Waals surface area contributed by atoms with Crippen molar-refractivity contribution in [3.8, 4) is 0 Å². The van der Waals surface area contributed by atoms with E-state index in [4.69, 9.17) is 18.9 Å². The summed E-state index contributed by atoms with van der Waals surface area (Å²) in [6.07, 6.45) is 0.401. The smallest absolute Gasteiger partial charge is 0.319 e. The van der Waals surface area contributed by atoms with Gasteiger partial charge in [0.15, 0.2) is 0 Å². The van der Waals surface area contributed by atoms with Crippen molar-refractivity contribution in [1.82, 2.24) is 15.1 Å². The molecule has 0 amide bonds. The zero-order chi connectivity index (χ0) is 24.4. The lowest BCUT2D eigenvalue weighted by Crippen LogP contribution is -2.59. The van der Waals surface area contributed by atoms with Gasteiger partial charge in [0.05, 0.1) is 41.0 Å². The number of carbonyl (C=O) groups is 4. The Morgan fingerprint density at radius 1 is 0.812 bits per heavy atom. The zero-order valence-electron chi connectivity index (χ0n) is 20.0. The number of rotatable bonds is 10. The van der Waals surface area contributed by atoms with E-state index in [2.05, 4.69) is 5.32 Å². The van der Waals surface area contributed by atoms with Gasteiger partial charge in [0, 0.05) is 38.1 Å². The molecule has 184 valence electrons. The summed E-state index contributed by atoms with van der Waals surface area (Å²) in [5.41, 5.74) is -1.43. The molecule has 1 aliphatic rings. The van der Waals surface area contributed by atoms with Gasteiger partial charge in [0.2, 0.25) is 0 Å². The fourth-order valence-corrected chi connectivity index (χ4v) is 3.54. The molecule has 1 rings (SSSR count). The summed E-state index contributed by atoms with van der Waals surface area (Å²) in [5.74, 6) is -1.65. The van der Waals surface area contributed by atoms with Gasteiger partial charge in [0.25, 0.3) is 0 Å². The van der Waals surface area contributed by atoms with E-state index in [1.807, 2.05) is 9.80 Å². The van der Waals surface area contributed by atoms with Gasteiger partial charge in [-0.25, -0.2) is 0 Å². The van der Waals surface area contributed by atoms with E-state index in [-0.39, 0.29) is 32.0 Å². The molecule has 32 heavy (non-hydrogen) atoms. The molecule has 11 heteroatoms. The summed E-state index contributed by atoms with van der Waals surface area (Å²) in [5, 5.41) is 3.22. The maximum atomic E-state index is 12.4. The van der Waals surface area contributed by atoms with Gasteiger partial charge in [-0.15, -0.1) is 0 Å². The van der Waals surface area contributed by atoms with Crippen molar-refractivity contribution in [2.24, 2.45) is 0 Å². The molecule has 0 atom stereocenters. The monoisotopic (exact) mass is 459 g/mol. The zero-order valence-corrected chi connectivity index (χ0v) is 20.0. The first-order chi connectivity index (χ1) is 14.9. The van der Waals surface area contributed by atoms with Crippen LogP contribution in [-0.2, 0) is 38.1 Å². The maximum absolute atomic E-state index is 12.4. The predicted octanol–water partition coefficient (Wildman–Crippen LogP) is -0.427. The van der Waals surface area contributed by atoms with Crippen LogP contribution < -0.4 is 5.32 Å². The molecule has 0 aromatic carbocycles. The van der Waals surface area contributed by atoms with E-state index < -0.39 is 29.0 Å². The van der Waals surface area contributed by atoms with Crippen molar-refractivity contribution in [1.29, 1.82) is 0 Å². The number of hydrogen-bond acceptors (Lipinski definition) is 11. The van der Waals surface area contributed by atoms with Crippen LogP contribution in [-0.4, -0.2) is 112 Å². The molecule has 1 aliphatic heterocycles. The largest absolute Gasteiger partial charge is 0.468 e. The number of nitrogens with one attached hydrogen (secondary N) is 1. The lowest BCUT2D eigenvalue weighted by molar-refractivity contribution is -0.155. The summed E-state index contributed by atoms with van der Waals surface area (Å²) < 4.78 is 19.8. The normalized spacial score (nSPS) is 17.2. The number of nitrogens with zero attached hydrogens (tertiary/aromatic N) is 2. The van der Waals surface area contributed by atoms with Crippen molar-refractivity contribution in [3.05, 3.63) is 0 Å². The molecule has 0 bridgehead atoms. The molecule has 1 saturated heterocycles. The Morgan fingerprint density at radius 3 is 1.69 bits per heavy atom. The van der Waals surface area contributed by atoms with Gasteiger partial charge in [-0.2, -0.15) is 0 Å². The van der Waals surface area contributed by atoms with Crippen LogP contribution >= 0.6 is 0 Å². The van der Waals surface area contributed by atoms with Gasteiger partial charge in [-0.1, -0.05) is 0 Å². The minimum atomic E-state index is -0.802. The van der Waals surface area contributed by atoms with Crippen molar-refractivity contribution >= 4 is 23.9 Å². The van der Waals surface area contributed by atoms with Crippen LogP contribution in [0.15, 0.2) is 0 Å². The Kier molecular flexibility index (Phi) is 11.0. The number of hydrogen-bond donors (Lipinski definition) is 1. The Labute approximate surface area is 189 Å². The lowest BCUT2D eigenvalue weighted by atomic mass is 9.91. The first kappa shape index (κ1) is 27.8. The fourth-order valence-electron chi connectivity index (χ4n) is 3.54. The number of carbonyl (C=O) groups excluding carboxylic acids is 4. The first-order valence-electron chi connectivity index (χ1n) is 10.5. The van der Waals surface area contributed by atoms with Gasteiger partial charge >= 0.3 is 23.9 Å². The Bertz CT molecular complexity index is 634. The second-order valence-corrected chi connectivity index (χ2v) is 8.87. The molecule has 1 heterocycles. The van der Waals surface area contributed by atoms with E-state index in [0.29, 0.717) is 32.6 Å². The molecule has 0 spiro atoms. The van der Waals surface area contributed by atoms with Crippen LogP contribution in [0.2, 0.25) is 0 Å². The van der Waals surface area contributed by atoms with E-state index in [1.165, 1.54) is 21.3 Å². The van der Waals surface area contributed by atoms with Crippen molar-refractivity contribution in [2.75, 3.05) is 67.1 Å². The first-order valence-corrected chi connectivity index (χ1v) is 10.5. The van der Waals surface area contributed by atoms with Crippen molar-refractivity contribution in [2.45, 2.75) is 44.8 Å². The van der Waals surface area contributed by atoms with Crippen LogP contribution in [0.1, 0.15) is 33.6 Å². The van der Waals surface area contributed by atoms with Crippen molar-refractivity contribution in [3.63, 3.8) is 0 Å². The standard InChI is InChI=1S/C21H37N3O8/c1-20(2,3)32-16(25)7-8-21(22-11-17(26)29-4)14-23(12-18(27)30-5)9-10-24(15-21)13-19(28)31-6/h22H,7-15H2,1-6H3. The van der Waals surface area contributed by atoms with E-state index in [9.17, 15) is 19.2 Å². The second kappa shape index (κ2) is 12.7. The summed E-state index contributed by atoms with van der Waals surface area (Å²) in [6, 6.07) is 0. The molecular formula is C21H37N3O8. The molecule has 0 aromatic rings. The van der Waals surface area contributed by atoms with Crippen LogP contribution in [0.4, 0.5) is 0 Å². The summed E-state index contributed by atoms with van der Waals surface area (Å²) in [7, 11) is 3.92. The van der Waals surface area contributed by atoms with Gasteiger partial charge in [-0.3, -0.25) is 34.3 Å². The molecule has 1 fully saturated rings. The van der Waals surface area contributed by atoms with Gasteiger partial charge in [0.1, 0.15) is 5.60 Å². The van der Waals surface area contributed by atoms with Gasteiger partial charge < -0.3 is 18.9 Å². The highest BCUT2D eigenvalue weighted by Gasteiger charge is 2.39. The summed E-state index contributed by atoms with van der Waals surface area (Å²) in [4.78, 5) is 51.9. The average molecular weight is 460 g/mol. The number of esters is 4. The van der Waals surface area contributed by atoms with Gasteiger partial charge in [-0.05, 0) is 27.2 Å². The Balaban J connectivity index is 3.15. The fraction of sp³-hybridized carbons (Fsp3) is 0.810. The van der Waals surface area contributed by atoms with Crippen LogP contribution in [0.5, 0.6) is 0 Å². The van der Waals surface area contributed by atoms with Crippen molar-refractivity contribution < 1.29 is 38.1 Å². The molecule has 0 radical (unpaired) electrons. The second-order valence-electron chi connectivity index (χ2n) is 8.87. The van der Waals surface area contributed by atoms with E-state index in [1.54, 1.807) is 20.8 Å². The Morgan fingerprint density at radius 2 is 1.28 bits per heavy atom. The van der Waals surface area contributed by atoms with Crippen LogP contribution in [0, 0.1) is 0 Å². The summed E-state index contributed by atoms with van der Waals surface area (Å²) >= 11 is 0. The molecule has 0 unspecified atom stereocenters. The molecule has 0 aromatic heterocycles.